The van der Waals surface area contributed by atoms with Crippen molar-refractivity contribution in [1.82, 2.24) is 10.3 Å². The molecular weight excluding hydrogens is 276 g/mol. The minimum atomic E-state index is -0.0220. The summed E-state index contributed by atoms with van der Waals surface area (Å²) in [5.74, 6) is -0.0220. The lowest BCUT2D eigenvalue weighted by molar-refractivity contribution is 0.0950. The SMILES string of the molecule is C=COCCCNC(=O)c1ccc2[nH]c3c(c2c1)CCCC3. The van der Waals surface area contributed by atoms with Gasteiger partial charge in [0.15, 0.2) is 0 Å². The molecule has 0 fully saturated rings. The predicted octanol–water partition coefficient (Wildman–Crippen LogP) is 3.33. The van der Waals surface area contributed by atoms with E-state index in [9.17, 15) is 4.79 Å². The highest BCUT2D eigenvalue weighted by atomic mass is 16.5. The number of ether oxygens (including phenoxy) is 1. The Morgan fingerprint density at radius 3 is 3.09 bits per heavy atom. The van der Waals surface area contributed by atoms with E-state index in [1.54, 1.807) is 0 Å². The Bertz CT molecular complexity index is 688. The van der Waals surface area contributed by atoms with Crippen LogP contribution >= 0.6 is 0 Å². The number of carbonyl (C=O) groups excluding carboxylic acids is 1. The second-order valence-electron chi connectivity index (χ2n) is 5.70. The molecule has 4 heteroatoms. The average molecular weight is 298 g/mol. The van der Waals surface area contributed by atoms with Gasteiger partial charge in [-0.3, -0.25) is 4.79 Å². The zero-order valence-corrected chi connectivity index (χ0v) is 12.8. The number of fused-ring (bicyclic) bond motifs is 3. The number of carbonyl (C=O) groups is 1. The maximum absolute atomic E-state index is 12.2. The van der Waals surface area contributed by atoms with E-state index in [0.717, 1.165) is 30.3 Å². The fraction of sp³-hybridized carbons (Fsp3) is 0.389. The predicted molar refractivity (Wildman–Crippen MR) is 88.0 cm³/mol. The fourth-order valence-electron chi connectivity index (χ4n) is 3.09. The Morgan fingerprint density at radius 2 is 2.23 bits per heavy atom. The van der Waals surface area contributed by atoms with Gasteiger partial charge in [0.25, 0.3) is 5.91 Å². The van der Waals surface area contributed by atoms with E-state index >= 15 is 0 Å². The van der Waals surface area contributed by atoms with Crippen molar-refractivity contribution in [1.29, 1.82) is 0 Å². The van der Waals surface area contributed by atoms with E-state index in [0.29, 0.717) is 13.2 Å². The van der Waals surface area contributed by atoms with Crippen LogP contribution in [-0.2, 0) is 17.6 Å². The van der Waals surface area contributed by atoms with Gasteiger partial charge in [0.2, 0.25) is 0 Å². The molecule has 0 bridgehead atoms. The van der Waals surface area contributed by atoms with Gasteiger partial charge in [0.05, 0.1) is 12.9 Å². The summed E-state index contributed by atoms with van der Waals surface area (Å²) in [5.41, 5.74) is 4.61. The van der Waals surface area contributed by atoms with Gasteiger partial charge in [0.1, 0.15) is 0 Å². The van der Waals surface area contributed by atoms with Gasteiger partial charge in [-0.25, -0.2) is 0 Å². The molecule has 1 aliphatic rings. The van der Waals surface area contributed by atoms with Crippen molar-refractivity contribution in [3.63, 3.8) is 0 Å². The van der Waals surface area contributed by atoms with Crippen molar-refractivity contribution >= 4 is 16.8 Å². The molecule has 4 nitrogen and oxygen atoms in total. The normalized spacial score (nSPS) is 13.6. The van der Waals surface area contributed by atoms with Crippen LogP contribution in [0.5, 0.6) is 0 Å². The first-order valence-electron chi connectivity index (χ1n) is 7.94. The number of rotatable bonds is 6. The van der Waals surface area contributed by atoms with Crippen LogP contribution in [-0.4, -0.2) is 24.0 Å². The van der Waals surface area contributed by atoms with E-state index in [-0.39, 0.29) is 5.91 Å². The number of aryl methyl sites for hydroxylation is 2. The van der Waals surface area contributed by atoms with Crippen molar-refractivity contribution in [2.45, 2.75) is 32.1 Å². The molecule has 2 N–H and O–H groups in total. The maximum atomic E-state index is 12.2. The van der Waals surface area contributed by atoms with Crippen LogP contribution in [0.3, 0.4) is 0 Å². The van der Waals surface area contributed by atoms with Crippen molar-refractivity contribution < 1.29 is 9.53 Å². The van der Waals surface area contributed by atoms with E-state index < -0.39 is 0 Å². The Hall–Kier alpha value is -2.23. The topological polar surface area (TPSA) is 54.1 Å². The first kappa shape index (κ1) is 14.7. The third-order valence-corrected chi connectivity index (χ3v) is 4.20. The van der Waals surface area contributed by atoms with Crippen LogP contribution in [0.15, 0.2) is 31.0 Å². The van der Waals surface area contributed by atoms with Crippen molar-refractivity contribution in [3.05, 3.63) is 47.9 Å². The summed E-state index contributed by atoms with van der Waals surface area (Å²) in [7, 11) is 0. The smallest absolute Gasteiger partial charge is 0.251 e. The molecular formula is C18H22N2O2. The van der Waals surface area contributed by atoms with E-state index in [2.05, 4.69) is 16.9 Å². The van der Waals surface area contributed by atoms with E-state index in [1.807, 2.05) is 18.2 Å². The van der Waals surface area contributed by atoms with Gasteiger partial charge in [-0.1, -0.05) is 6.58 Å². The molecule has 0 aliphatic heterocycles. The number of aromatic nitrogens is 1. The molecule has 1 aliphatic carbocycles. The molecule has 1 aromatic carbocycles. The molecule has 2 aromatic rings. The van der Waals surface area contributed by atoms with Crippen molar-refractivity contribution in [3.8, 4) is 0 Å². The van der Waals surface area contributed by atoms with Gasteiger partial charge >= 0.3 is 0 Å². The maximum Gasteiger partial charge on any atom is 0.251 e. The number of benzene rings is 1. The second kappa shape index (κ2) is 6.69. The molecule has 116 valence electrons. The molecule has 0 saturated carbocycles. The van der Waals surface area contributed by atoms with Crippen LogP contribution in [0.1, 0.15) is 40.9 Å². The quantitative estimate of drug-likeness (QED) is 0.635. The molecule has 0 radical (unpaired) electrons. The first-order valence-corrected chi connectivity index (χ1v) is 7.94. The zero-order valence-electron chi connectivity index (χ0n) is 12.8. The summed E-state index contributed by atoms with van der Waals surface area (Å²) < 4.78 is 5.04. The standard InChI is InChI=1S/C18H22N2O2/c1-2-22-11-5-10-19-18(21)13-8-9-17-15(12-13)14-6-3-4-7-16(14)20-17/h2,8-9,12,20H,1,3-7,10-11H2,(H,19,21). The highest BCUT2D eigenvalue weighted by Gasteiger charge is 2.16. The largest absolute Gasteiger partial charge is 0.502 e. The van der Waals surface area contributed by atoms with Gasteiger partial charge in [-0.15, -0.1) is 0 Å². The second-order valence-corrected chi connectivity index (χ2v) is 5.70. The number of hydrogen-bond acceptors (Lipinski definition) is 2. The molecule has 0 saturated heterocycles. The summed E-state index contributed by atoms with van der Waals surface area (Å²) in [6.45, 7) is 4.67. The van der Waals surface area contributed by atoms with Crippen molar-refractivity contribution in [2.75, 3.05) is 13.2 Å². The Kier molecular flexibility index (Phi) is 4.47. The van der Waals surface area contributed by atoms with E-state index in [4.69, 9.17) is 4.74 Å². The summed E-state index contributed by atoms with van der Waals surface area (Å²) in [6, 6.07) is 5.93. The van der Waals surface area contributed by atoms with Gasteiger partial charge in [0, 0.05) is 28.7 Å². The summed E-state index contributed by atoms with van der Waals surface area (Å²) in [6.07, 6.45) is 6.91. The number of nitrogens with one attached hydrogen (secondary N) is 2. The zero-order chi connectivity index (χ0) is 15.4. The Balaban J connectivity index is 1.71. The van der Waals surface area contributed by atoms with E-state index in [1.165, 1.54) is 35.7 Å². The summed E-state index contributed by atoms with van der Waals surface area (Å²) in [4.78, 5) is 15.7. The van der Waals surface area contributed by atoms with Crippen LogP contribution in [0.2, 0.25) is 0 Å². The molecule has 0 spiro atoms. The Morgan fingerprint density at radius 1 is 1.36 bits per heavy atom. The number of H-pyrrole nitrogens is 1. The molecule has 22 heavy (non-hydrogen) atoms. The van der Waals surface area contributed by atoms with Gasteiger partial charge < -0.3 is 15.0 Å². The lowest BCUT2D eigenvalue weighted by Gasteiger charge is -2.10. The minimum absolute atomic E-state index is 0.0220. The van der Waals surface area contributed by atoms with Crippen LogP contribution in [0.4, 0.5) is 0 Å². The Labute approximate surface area is 130 Å². The van der Waals surface area contributed by atoms with Crippen LogP contribution in [0.25, 0.3) is 10.9 Å². The van der Waals surface area contributed by atoms with Gasteiger partial charge in [-0.05, 0) is 55.9 Å². The van der Waals surface area contributed by atoms with Crippen molar-refractivity contribution in [2.24, 2.45) is 0 Å². The monoisotopic (exact) mass is 298 g/mol. The highest BCUT2D eigenvalue weighted by Crippen LogP contribution is 2.29. The molecule has 1 heterocycles. The first-order chi connectivity index (χ1) is 10.8. The number of hydrogen-bond donors (Lipinski definition) is 2. The average Bonchev–Trinajstić information content (AvgIpc) is 2.92. The molecule has 0 unspecified atom stereocenters. The molecule has 0 atom stereocenters. The van der Waals surface area contributed by atoms with Crippen LogP contribution < -0.4 is 5.32 Å². The third kappa shape index (κ3) is 3.01. The van der Waals surface area contributed by atoms with Gasteiger partial charge in [-0.2, -0.15) is 0 Å². The summed E-state index contributed by atoms with van der Waals surface area (Å²) >= 11 is 0. The lowest BCUT2D eigenvalue weighted by atomic mass is 9.95. The fourth-order valence-corrected chi connectivity index (χ4v) is 3.09. The summed E-state index contributed by atoms with van der Waals surface area (Å²) in [5, 5.41) is 4.14. The molecule has 1 aromatic heterocycles. The highest BCUT2D eigenvalue weighted by molar-refractivity contribution is 5.99. The molecule has 3 rings (SSSR count). The third-order valence-electron chi connectivity index (χ3n) is 4.20. The molecule has 1 amide bonds. The number of amides is 1. The number of aromatic amines is 1. The lowest BCUT2D eigenvalue weighted by Crippen LogP contribution is -2.25. The minimum Gasteiger partial charge on any atom is -0.502 e. The van der Waals surface area contributed by atoms with Crippen LogP contribution in [0, 0.1) is 0 Å².